The summed E-state index contributed by atoms with van der Waals surface area (Å²) in [7, 11) is 0. The van der Waals surface area contributed by atoms with Gasteiger partial charge in [-0.3, -0.25) is 9.79 Å². The lowest BCUT2D eigenvalue weighted by Gasteiger charge is -2.22. The van der Waals surface area contributed by atoms with Crippen LogP contribution in [0.1, 0.15) is 40.0 Å². The third-order valence-corrected chi connectivity index (χ3v) is 5.24. The number of rotatable bonds is 2. The molecular weight excluding hydrogens is 236 g/mol. The average molecular weight is 256 g/mol. The van der Waals surface area contributed by atoms with Crippen molar-refractivity contribution in [1.82, 2.24) is 5.32 Å². The molecule has 1 saturated carbocycles. The van der Waals surface area contributed by atoms with Crippen molar-refractivity contribution in [3.05, 3.63) is 0 Å². The third-order valence-electron chi connectivity index (χ3n) is 3.76. The Labute approximate surface area is 106 Å². The summed E-state index contributed by atoms with van der Waals surface area (Å²) in [5.41, 5.74) is 0. The first-order chi connectivity index (χ1) is 7.91. The van der Waals surface area contributed by atoms with Crippen LogP contribution in [0.4, 0.5) is 0 Å². The Bertz CT molecular complexity index is 356. The minimum Gasteiger partial charge on any atom is -0.393 e. The molecule has 0 aromatic carbocycles. The first-order valence-corrected chi connectivity index (χ1v) is 7.00. The highest BCUT2D eigenvalue weighted by atomic mass is 32.2. The molecule has 0 radical (unpaired) electrons. The molecular formula is C12H20N2O2S. The number of carbonyl (C=O) groups is 1. The van der Waals surface area contributed by atoms with E-state index in [9.17, 15) is 9.90 Å². The largest absolute Gasteiger partial charge is 0.393 e. The molecule has 17 heavy (non-hydrogen) atoms. The zero-order chi connectivity index (χ0) is 12.6. The molecule has 1 unspecified atom stereocenters. The lowest BCUT2D eigenvalue weighted by molar-refractivity contribution is -0.122. The Kier molecular flexibility index (Phi) is 3.50. The van der Waals surface area contributed by atoms with Crippen molar-refractivity contribution in [3.8, 4) is 0 Å². The van der Waals surface area contributed by atoms with Gasteiger partial charge in [0.2, 0.25) is 5.91 Å². The third kappa shape index (κ3) is 2.50. The molecule has 1 aliphatic carbocycles. The van der Waals surface area contributed by atoms with E-state index in [1.165, 1.54) is 11.8 Å². The monoisotopic (exact) mass is 256 g/mol. The van der Waals surface area contributed by atoms with Crippen LogP contribution in [0.3, 0.4) is 0 Å². The maximum absolute atomic E-state index is 11.9. The van der Waals surface area contributed by atoms with Crippen LogP contribution in [0.2, 0.25) is 0 Å². The van der Waals surface area contributed by atoms with E-state index in [1.54, 1.807) is 0 Å². The number of thioether (sulfide) groups is 1. The van der Waals surface area contributed by atoms with E-state index < -0.39 is 4.75 Å². The lowest BCUT2D eigenvalue weighted by atomic mass is 9.96. The van der Waals surface area contributed by atoms with Crippen molar-refractivity contribution in [2.45, 2.75) is 56.9 Å². The Morgan fingerprint density at radius 2 is 2.24 bits per heavy atom. The maximum atomic E-state index is 11.9. The molecule has 0 aromatic heterocycles. The highest BCUT2D eigenvalue weighted by Gasteiger charge is 2.45. The standard InChI is InChI=1S/C12H20N2O2S/c1-7(2)12(3)10(16)14-11(17-12)13-8-4-5-9(15)6-8/h7-9,15H,4-6H2,1-3H3,(H,13,14,16)/t8?,9-,12-/m0/s1. The molecule has 0 bridgehead atoms. The summed E-state index contributed by atoms with van der Waals surface area (Å²) in [5.74, 6) is 0.323. The number of aliphatic imine (C=N–C) groups is 1. The SMILES string of the molecule is CC(C)[C@]1(C)SC(=NC2CC[C@H](O)C2)NC1=O. The van der Waals surface area contributed by atoms with Gasteiger partial charge < -0.3 is 10.4 Å². The molecule has 1 amide bonds. The molecule has 1 aliphatic heterocycles. The van der Waals surface area contributed by atoms with E-state index >= 15 is 0 Å². The Morgan fingerprint density at radius 3 is 2.71 bits per heavy atom. The van der Waals surface area contributed by atoms with E-state index in [1.807, 2.05) is 6.92 Å². The highest BCUT2D eigenvalue weighted by molar-refractivity contribution is 8.16. The second-order valence-corrected chi connectivity index (χ2v) is 6.81. The van der Waals surface area contributed by atoms with Crippen LogP contribution >= 0.6 is 11.8 Å². The zero-order valence-electron chi connectivity index (χ0n) is 10.6. The topological polar surface area (TPSA) is 61.7 Å². The van der Waals surface area contributed by atoms with Gasteiger partial charge in [0.05, 0.1) is 12.1 Å². The van der Waals surface area contributed by atoms with Gasteiger partial charge in [0, 0.05) is 0 Å². The van der Waals surface area contributed by atoms with E-state index in [0.717, 1.165) is 24.4 Å². The fourth-order valence-electron chi connectivity index (χ4n) is 2.15. The van der Waals surface area contributed by atoms with Crippen molar-refractivity contribution in [2.24, 2.45) is 10.9 Å². The molecule has 1 heterocycles. The lowest BCUT2D eigenvalue weighted by Crippen LogP contribution is -2.38. The summed E-state index contributed by atoms with van der Waals surface area (Å²) in [6.07, 6.45) is 2.24. The first-order valence-electron chi connectivity index (χ1n) is 6.18. The van der Waals surface area contributed by atoms with Crippen molar-refractivity contribution in [1.29, 1.82) is 0 Å². The van der Waals surface area contributed by atoms with Crippen LogP contribution in [-0.2, 0) is 4.79 Å². The minimum atomic E-state index is -0.407. The summed E-state index contributed by atoms with van der Waals surface area (Å²) in [6, 6.07) is 0.169. The average Bonchev–Trinajstić information content (AvgIpc) is 2.74. The van der Waals surface area contributed by atoms with Gasteiger partial charge in [-0.25, -0.2) is 0 Å². The second kappa shape index (κ2) is 4.61. The number of nitrogens with one attached hydrogen (secondary N) is 1. The van der Waals surface area contributed by atoms with Crippen LogP contribution < -0.4 is 5.32 Å². The number of amidine groups is 1. The summed E-state index contributed by atoms with van der Waals surface area (Å²) < 4.78 is -0.407. The van der Waals surface area contributed by atoms with Crippen molar-refractivity contribution < 1.29 is 9.90 Å². The molecule has 96 valence electrons. The fourth-order valence-corrected chi connectivity index (χ4v) is 3.28. The van der Waals surface area contributed by atoms with Crippen LogP contribution in [-0.4, -0.2) is 33.1 Å². The van der Waals surface area contributed by atoms with Gasteiger partial charge in [-0.2, -0.15) is 0 Å². The van der Waals surface area contributed by atoms with Gasteiger partial charge in [0.25, 0.3) is 0 Å². The number of hydrogen-bond donors (Lipinski definition) is 2. The van der Waals surface area contributed by atoms with Gasteiger partial charge in [0.1, 0.15) is 4.75 Å². The minimum absolute atomic E-state index is 0.0507. The number of aliphatic hydroxyl groups is 1. The van der Waals surface area contributed by atoms with Crippen LogP contribution in [0.5, 0.6) is 0 Å². The predicted octanol–water partition coefficient (Wildman–Crippen LogP) is 1.53. The van der Waals surface area contributed by atoms with Gasteiger partial charge in [-0.05, 0) is 32.1 Å². The molecule has 2 aliphatic rings. The quantitative estimate of drug-likeness (QED) is 0.787. The summed E-state index contributed by atoms with van der Waals surface area (Å²) in [4.78, 5) is 16.5. The fraction of sp³-hybridized carbons (Fsp3) is 0.833. The number of carbonyl (C=O) groups excluding carboxylic acids is 1. The first kappa shape index (κ1) is 12.9. The van der Waals surface area contributed by atoms with Crippen LogP contribution in [0.15, 0.2) is 4.99 Å². The van der Waals surface area contributed by atoms with Crippen LogP contribution in [0, 0.1) is 5.92 Å². The molecule has 2 fully saturated rings. The summed E-state index contributed by atoms with van der Waals surface area (Å²) in [5, 5.41) is 13.0. The van der Waals surface area contributed by atoms with E-state index in [2.05, 4.69) is 24.2 Å². The number of aliphatic hydroxyl groups excluding tert-OH is 1. The van der Waals surface area contributed by atoms with E-state index in [-0.39, 0.29) is 24.0 Å². The van der Waals surface area contributed by atoms with Gasteiger partial charge in [0.15, 0.2) is 5.17 Å². The maximum Gasteiger partial charge on any atom is 0.242 e. The molecule has 3 atom stereocenters. The molecule has 5 heteroatoms. The van der Waals surface area contributed by atoms with Gasteiger partial charge in [-0.15, -0.1) is 0 Å². The van der Waals surface area contributed by atoms with Crippen molar-refractivity contribution >= 4 is 22.8 Å². The Morgan fingerprint density at radius 1 is 1.53 bits per heavy atom. The molecule has 1 saturated heterocycles. The van der Waals surface area contributed by atoms with Gasteiger partial charge >= 0.3 is 0 Å². The molecule has 0 spiro atoms. The Hall–Kier alpha value is -0.550. The normalized spacial score (nSPS) is 40.3. The molecule has 0 aromatic rings. The summed E-state index contributed by atoms with van der Waals surface area (Å²) >= 11 is 1.52. The molecule has 4 nitrogen and oxygen atoms in total. The number of hydrogen-bond acceptors (Lipinski definition) is 4. The van der Waals surface area contributed by atoms with Crippen LogP contribution in [0.25, 0.3) is 0 Å². The molecule has 2 rings (SSSR count). The van der Waals surface area contributed by atoms with E-state index in [4.69, 9.17) is 0 Å². The smallest absolute Gasteiger partial charge is 0.242 e. The van der Waals surface area contributed by atoms with Crippen molar-refractivity contribution in [3.63, 3.8) is 0 Å². The van der Waals surface area contributed by atoms with Crippen molar-refractivity contribution in [2.75, 3.05) is 0 Å². The second-order valence-electron chi connectivity index (χ2n) is 5.37. The van der Waals surface area contributed by atoms with E-state index in [0.29, 0.717) is 0 Å². The Balaban J connectivity index is 2.06. The number of amides is 1. The highest BCUT2D eigenvalue weighted by Crippen LogP contribution is 2.38. The number of nitrogens with zero attached hydrogens (tertiary/aromatic N) is 1. The van der Waals surface area contributed by atoms with Gasteiger partial charge in [-0.1, -0.05) is 25.6 Å². The predicted molar refractivity (Wildman–Crippen MR) is 70.1 cm³/mol. The zero-order valence-corrected chi connectivity index (χ0v) is 11.4. The molecule has 2 N–H and O–H groups in total. The summed E-state index contributed by atoms with van der Waals surface area (Å²) in [6.45, 7) is 6.06.